The van der Waals surface area contributed by atoms with Gasteiger partial charge in [0.05, 0.1) is 11.6 Å². The minimum Gasteiger partial charge on any atom is -0.507 e. The molecule has 0 radical (unpaired) electrons. The molecule has 1 amide bonds. The monoisotopic (exact) mass is 248 g/mol. The number of likely N-dealkylation sites (tertiary alicyclic amines) is 1. The number of phenolic OH excluding ortho intramolecular Hbond substituents is 1. The van der Waals surface area contributed by atoms with E-state index in [1.807, 2.05) is 0 Å². The van der Waals surface area contributed by atoms with E-state index in [9.17, 15) is 14.3 Å². The lowest BCUT2D eigenvalue weighted by Gasteiger charge is -2.31. The van der Waals surface area contributed by atoms with E-state index in [1.165, 1.54) is 11.0 Å². The molecule has 4 nitrogen and oxygen atoms in total. The molecule has 0 aliphatic carbocycles. The first kappa shape index (κ1) is 12.4. The van der Waals surface area contributed by atoms with Crippen LogP contribution in [0, 0.1) is 17.1 Å². The maximum absolute atomic E-state index is 12.9. The Kier molecular flexibility index (Phi) is 3.47. The highest BCUT2D eigenvalue weighted by atomic mass is 19.1. The molecule has 1 N–H and O–H groups in total. The number of aromatic hydroxyl groups is 1. The van der Waals surface area contributed by atoms with Crippen molar-refractivity contribution in [1.82, 2.24) is 4.90 Å². The highest BCUT2D eigenvalue weighted by molar-refractivity contribution is 5.97. The summed E-state index contributed by atoms with van der Waals surface area (Å²) in [7, 11) is 0. The standard InChI is InChI=1S/C13H13FN2O2/c14-9-4-5-11(12(17)7-9)13(18)16-6-2-1-3-10(16)8-15/h4-5,7,10,17H,1-3,6H2. The van der Waals surface area contributed by atoms with Crippen molar-refractivity contribution in [2.75, 3.05) is 6.54 Å². The quantitative estimate of drug-likeness (QED) is 0.827. The molecule has 1 aromatic carbocycles. The van der Waals surface area contributed by atoms with Crippen molar-refractivity contribution in [3.8, 4) is 11.8 Å². The molecule has 2 rings (SSSR count). The maximum Gasteiger partial charge on any atom is 0.258 e. The third-order valence-electron chi connectivity index (χ3n) is 3.10. The molecule has 0 bridgehead atoms. The van der Waals surface area contributed by atoms with Crippen molar-refractivity contribution in [3.05, 3.63) is 29.6 Å². The molecule has 1 unspecified atom stereocenters. The van der Waals surface area contributed by atoms with Gasteiger partial charge in [-0.05, 0) is 31.4 Å². The highest BCUT2D eigenvalue weighted by Gasteiger charge is 2.28. The lowest BCUT2D eigenvalue weighted by atomic mass is 10.0. The van der Waals surface area contributed by atoms with Crippen LogP contribution in [0.2, 0.25) is 0 Å². The number of nitriles is 1. The zero-order chi connectivity index (χ0) is 13.1. The molecule has 0 spiro atoms. The summed E-state index contributed by atoms with van der Waals surface area (Å²) in [5.74, 6) is -1.40. The summed E-state index contributed by atoms with van der Waals surface area (Å²) >= 11 is 0. The van der Waals surface area contributed by atoms with Crippen LogP contribution in [0.5, 0.6) is 5.75 Å². The van der Waals surface area contributed by atoms with Crippen LogP contribution in [0.15, 0.2) is 18.2 Å². The Balaban J connectivity index is 2.27. The fourth-order valence-electron chi connectivity index (χ4n) is 2.15. The van der Waals surface area contributed by atoms with Gasteiger partial charge in [0.1, 0.15) is 17.6 Å². The van der Waals surface area contributed by atoms with Crippen LogP contribution in [0.3, 0.4) is 0 Å². The van der Waals surface area contributed by atoms with Gasteiger partial charge < -0.3 is 10.0 Å². The van der Waals surface area contributed by atoms with Gasteiger partial charge in [0.2, 0.25) is 0 Å². The Morgan fingerprint density at radius 1 is 1.50 bits per heavy atom. The normalized spacial score (nSPS) is 19.3. The topological polar surface area (TPSA) is 64.3 Å². The number of halogens is 1. The molecule has 1 atom stereocenters. The predicted octanol–water partition coefficient (Wildman–Crippen LogP) is 2.05. The van der Waals surface area contributed by atoms with E-state index in [1.54, 1.807) is 0 Å². The van der Waals surface area contributed by atoms with E-state index in [0.717, 1.165) is 25.0 Å². The Hall–Kier alpha value is -2.09. The largest absolute Gasteiger partial charge is 0.507 e. The number of nitrogens with zero attached hydrogens (tertiary/aromatic N) is 2. The van der Waals surface area contributed by atoms with Crippen molar-refractivity contribution >= 4 is 5.91 Å². The van der Waals surface area contributed by atoms with Gasteiger partial charge in [0.15, 0.2) is 0 Å². The van der Waals surface area contributed by atoms with Crippen molar-refractivity contribution < 1.29 is 14.3 Å². The Morgan fingerprint density at radius 2 is 2.28 bits per heavy atom. The molecule has 1 aromatic rings. The lowest BCUT2D eigenvalue weighted by Crippen LogP contribution is -2.42. The van der Waals surface area contributed by atoms with Gasteiger partial charge in [-0.25, -0.2) is 4.39 Å². The van der Waals surface area contributed by atoms with E-state index in [2.05, 4.69) is 6.07 Å². The molecule has 1 fully saturated rings. The first-order chi connectivity index (χ1) is 8.63. The molecule has 0 saturated carbocycles. The Labute approximate surface area is 104 Å². The highest BCUT2D eigenvalue weighted by Crippen LogP contribution is 2.24. The van der Waals surface area contributed by atoms with Gasteiger partial charge >= 0.3 is 0 Å². The van der Waals surface area contributed by atoms with Gasteiger partial charge in [-0.15, -0.1) is 0 Å². The third kappa shape index (κ3) is 2.28. The number of rotatable bonds is 1. The van der Waals surface area contributed by atoms with Crippen LogP contribution >= 0.6 is 0 Å². The molecule has 94 valence electrons. The fourth-order valence-corrected chi connectivity index (χ4v) is 2.15. The first-order valence-electron chi connectivity index (χ1n) is 5.82. The van der Waals surface area contributed by atoms with Crippen molar-refractivity contribution in [2.45, 2.75) is 25.3 Å². The number of hydrogen-bond donors (Lipinski definition) is 1. The van der Waals surface area contributed by atoms with Gasteiger partial charge in [-0.3, -0.25) is 4.79 Å². The molecular formula is C13H13FN2O2. The second-order valence-corrected chi connectivity index (χ2v) is 4.30. The number of benzene rings is 1. The van der Waals surface area contributed by atoms with E-state index >= 15 is 0 Å². The molecule has 1 saturated heterocycles. The average molecular weight is 248 g/mol. The van der Waals surface area contributed by atoms with Gasteiger partial charge in [0, 0.05) is 12.6 Å². The number of amides is 1. The molecule has 1 heterocycles. The number of piperidine rings is 1. The summed E-state index contributed by atoms with van der Waals surface area (Å²) in [6, 6.07) is 4.89. The van der Waals surface area contributed by atoms with E-state index in [0.29, 0.717) is 13.0 Å². The zero-order valence-corrected chi connectivity index (χ0v) is 9.77. The van der Waals surface area contributed by atoms with Crippen molar-refractivity contribution in [1.29, 1.82) is 5.26 Å². The smallest absolute Gasteiger partial charge is 0.258 e. The number of phenols is 1. The van der Waals surface area contributed by atoms with Crippen LogP contribution in [-0.2, 0) is 0 Å². The number of carbonyl (C=O) groups is 1. The molecule has 1 aliphatic heterocycles. The molecular weight excluding hydrogens is 235 g/mol. The summed E-state index contributed by atoms with van der Waals surface area (Å²) in [6.45, 7) is 0.494. The minimum atomic E-state index is -0.598. The van der Waals surface area contributed by atoms with E-state index in [4.69, 9.17) is 5.26 Å². The summed E-state index contributed by atoms with van der Waals surface area (Å²) < 4.78 is 12.9. The molecule has 0 aromatic heterocycles. The molecule has 5 heteroatoms. The van der Waals surface area contributed by atoms with Crippen LogP contribution in [0.1, 0.15) is 29.6 Å². The number of hydrogen-bond acceptors (Lipinski definition) is 3. The van der Waals surface area contributed by atoms with Crippen LogP contribution in [-0.4, -0.2) is 28.5 Å². The van der Waals surface area contributed by atoms with Crippen LogP contribution < -0.4 is 0 Å². The van der Waals surface area contributed by atoms with E-state index < -0.39 is 17.8 Å². The van der Waals surface area contributed by atoms with Crippen LogP contribution in [0.25, 0.3) is 0 Å². The minimum absolute atomic E-state index is 0.0403. The van der Waals surface area contributed by atoms with Gasteiger partial charge in [-0.2, -0.15) is 5.26 Å². The summed E-state index contributed by atoms with van der Waals surface area (Å²) in [6.07, 6.45) is 2.40. The third-order valence-corrected chi connectivity index (χ3v) is 3.10. The van der Waals surface area contributed by atoms with E-state index in [-0.39, 0.29) is 11.3 Å². The lowest BCUT2D eigenvalue weighted by molar-refractivity contribution is 0.0667. The average Bonchev–Trinajstić information content (AvgIpc) is 2.38. The number of carbonyl (C=O) groups excluding carboxylic acids is 1. The van der Waals surface area contributed by atoms with Crippen LogP contribution in [0.4, 0.5) is 4.39 Å². The summed E-state index contributed by atoms with van der Waals surface area (Å²) in [5.41, 5.74) is 0.0403. The predicted molar refractivity (Wildman–Crippen MR) is 62.4 cm³/mol. The summed E-state index contributed by atoms with van der Waals surface area (Å²) in [4.78, 5) is 13.6. The van der Waals surface area contributed by atoms with Crippen molar-refractivity contribution in [3.63, 3.8) is 0 Å². The Bertz CT molecular complexity index is 510. The van der Waals surface area contributed by atoms with Gasteiger partial charge in [0.25, 0.3) is 5.91 Å². The zero-order valence-electron chi connectivity index (χ0n) is 9.77. The summed E-state index contributed by atoms with van der Waals surface area (Å²) in [5, 5.41) is 18.6. The maximum atomic E-state index is 12.9. The van der Waals surface area contributed by atoms with Gasteiger partial charge in [-0.1, -0.05) is 0 Å². The molecule has 1 aliphatic rings. The SMILES string of the molecule is N#CC1CCCCN1C(=O)c1ccc(F)cc1O. The Morgan fingerprint density at radius 3 is 2.94 bits per heavy atom. The molecule has 18 heavy (non-hydrogen) atoms. The van der Waals surface area contributed by atoms with Crippen molar-refractivity contribution in [2.24, 2.45) is 0 Å². The second kappa shape index (κ2) is 5.05. The first-order valence-corrected chi connectivity index (χ1v) is 5.82. The fraction of sp³-hybridized carbons (Fsp3) is 0.385. The second-order valence-electron chi connectivity index (χ2n) is 4.30.